The molecular formula is C25H22N2O. The lowest BCUT2D eigenvalue weighted by Crippen LogP contribution is -2.40. The first kappa shape index (κ1) is 16.8. The number of hydrogen-bond donors (Lipinski definition) is 0. The Kier molecular flexibility index (Phi) is 3.50. The summed E-state index contributed by atoms with van der Waals surface area (Å²) in [6.07, 6.45) is 2.13. The number of aromatic nitrogens is 1. The molecular weight excluding hydrogens is 344 g/mol. The molecule has 1 amide bonds. The van der Waals surface area contributed by atoms with E-state index in [9.17, 15) is 4.79 Å². The van der Waals surface area contributed by atoms with Crippen LogP contribution in [0.3, 0.4) is 0 Å². The molecule has 3 aromatic carbocycles. The van der Waals surface area contributed by atoms with Crippen molar-refractivity contribution >= 4 is 22.5 Å². The van der Waals surface area contributed by atoms with Crippen LogP contribution in [-0.4, -0.2) is 17.5 Å². The van der Waals surface area contributed by atoms with E-state index in [4.69, 9.17) is 0 Å². The summed E-state index contributed by atoms with van der Waals surface area (Å²) in [5.41, 5.74) is 5.52. The number of benzene rings is 3. The minimum Gasteiger partial charge on any atom is -0.350 e. The van der Waals surface area contributed by atoms with Crippen molar-refractivity contribution < 1.29 is 4.79 Å². The first-order valence-corrected chi connectivity index (χ1v) is 9.54. The van der Waals surface area contributed by atoms with Crippen LogP contribution < -0.4 is 4.90 Å². The van der Waals surface area contributed by atoms with E-state index in [0.29, 0.717) is 0 Å². The molecule has 3 nitrogen and oxygen atoms in total. The number of amides is 1. The number of carbonyl (C=O) groups excluding carboxylic acids is 1. The maximum Gasteiger partial charge on any atom is 0.246 e. The largest absolute Gasteiger partial charge is 0.350 e. The zero-order chi connectivity index (χ0) is 19.5. The zero-order valence-corrected chi connectivity index (χ0v) is 16.3. The highest BCUT2D eigenvalue weighted by Crippen LogP contribution is 2.51. The Balaban J connectivity index is 1.98. The molecule has 0 saturated heterocycles. The van der Waals surface area contributed by atoms with E-state index >= 15 is 0 Å². The SMILES string of the molecule is Cc1ccc2c(c1)C(c1ccccc1)(c1cn(C)c3ccccc13)C(=O)N2C. The van der Waals surface area contributed by atoms with Gasteiger partial charge in [0.05, 0.1) is 0 Å². The Morgan fingerprint density at radius 3 is 2.32 bits per heavy atom. The third kappa shape index (κ3) is 2.02. The van der Waals surface area contributed by atoms with Crippen LogP contribution in [0.15, 0.2) is 79.0 Å². The molecule has 0 N–H and O–H groups in total. The molecule has 2 heterocycles. The Labute approximate surface area is 164 Å². The minimum atomic E-state index is -0.849. The van der Waals surface area contributed by atoms with Gasteiger partial charge in [-0.25, -0.2) is 0 Å². The van der Waals surface area contributed by atoms with Gasteiger partial charge in [0.15, 0.2) is 0 Å². The fraction of sp³-hybridized carbons (Fsp3) is 0.160. The molecule has 138 valence electrons. The average molecular weight is 366 g/mol. The molecule has 0 aliphatic carbocycles. The van der Waals surface area contributed by atoms with Crippen molar-refractivity contribution in [2.24, 2.45) is 7.05 Å². The van der Waals surface area contributed by atoms with Crippen molar-refractivity contribution in [3.05, 3.63) is 101 Å². The minimum absolute atomic E-state index is 0.0932. The van der Waals surface area contributed by atoms with Crippen LogP contribution >= 0.6 is 0 Å². The van der Waals surface area contributed by atoms with Crippen molar-refractivity contribution in [2.75, 3.05) is 11.9 Å². The lowest BCUT2D eigenvalue weighted by molar-refractivity contribution is -0.120. The summed E-state index contributed by atoms with van der Waals surface area (Å²) in [5, 5.41) is 1.12. The molecule has 3 heteroatoms. The van der Waals surface area contributed by atoms with Gasteiger partial charge in [0.1, 0.15) is 5.41 Å². The molecule has 28 heavy (non-hydrogen) atoms. The molecule has 0 spiro atoms. The molecule has 0 fully saturated rings. The molecule has 1 aliphatic rings. The molecule has 5 rings (SSSR count). The summed E-state index contributed by atoms with van der Waals surface area (Å²) in [6, 6.07) is 24.8. The lowest BCUT2D eigenvalue weighted by Gasteiger charge is -2.29. The fourth-order valence-corrected chi connectivity index (χ4v) is 4.74. The van der Waals surface area contributed by atoms with Crippen molar-refractivity contribution in [1.29, 1.82) is 0 Å². The predicted molar refractivity (Wildman–Crippen MR) is 114 cm³/mol. The van der Waals surface area contributed by atoms with Gasteiger partial charge < -0.3 is 9.47 Å². The maximum absolute atomic E-state index is 14.0. The van der Waals surface area contributed by atoms with E-state index in [0.717, 1.165) is 38.8 Å². The molecule has 0 radical (unpaired) electrons. The van der Waals surface area contributed by atoms with E-state index < -0.39 is 5.41 Å². The van der Waals surface area contributed by atoms with E-state index in [1.54, 1.807) is 0 Å². The summed E-state index contributed by atoms with van der Waals surface area (Å²) in [4.78, 5) is 15.8. The Bertz CT molecular complexity index is 1220. The number of aryl methyl sites for hydroxylation is 2. The van der Waals surface area contributed by atoms with Gasteiger partial charge in [-0.05, 0) is 24.6 Å². The number of carbonyl (C=O) groups is 1. The first-order valence-electron chi connectivity index (χ1n) is 9.54. The topological polar surface area (TPSA) is 25.2 Å². The number of anilines is 1. The quantitative estimate of drug-likeness (QED) is 0.500. The normalized spacial score (nSPS) is 18.7. The summed E-state index contributed by atoms with van der Waals surface area (Å²) >= 11 is 0. The Morgan fingerprint density at radius 2 is 1.54 bits per heavy atom. The van der Waals surface area contributed by atoms with Crippen LogP contribution in [0, 0.1) is 6.92 Å². The Hall–Kier alpha value is -3.33. The summed E-state index contributed by atoms with van der Waals surface area (Å²) < 4.78 is 2.12. The second kappa shape index (κ2) is 5.83. The Morgan fingerprint density at radius 1 is 0.821 bits per heavy atom. The number of nitrogens with zero attached hydrogens (tertiary/aromatic N) is 2. The van der Waals surface area contributed by atoms with Gasteiger partial charge in [0.2, 0.25) is 5.91 Å². The van der Waals surface area contributed by atoms with Gasteiger partial charge in [0, 0.05) is 48.0 Å². The number of rotatable bonds is 2. The predicted octanol–water partition coefficient (Wildman–Crippen LogP) is 4.80. The molecule has 0 bridgehead atoms. The van der Waals surface area contributed by atoms with Crippen LogP contribution in [-0.2, 0) is 17.3 Å². The van der Waals surface area contributed by atoms with Gasteiger partial charge in [-0.2, -0.15) is 0 Å². The van der Waals surface area contributed by atoms with Crippen LogP contribution in [0.4, 0.5) is 5.69 Å². The summed E-state index contributed by atoms with van der Waals surface area (Å²) in [5.74, 6) is 0.0932. The number of likely N-dealkylation sites (N-methyl/N-ethyl adjacent to an activating group) is 1. The molecule has 1 aliphatic heterocycles. The van der Waals surface area contributed by atoms with Crippen molar-refractivity contribution in [1.82, 2.24) is 4.57 Å². The van der Waals surface area contributed by atoms with E-state index in [-0.39, 0.29) is 5.91 Å². The monoisotopic (exact) mass is 366 g/mol. The highest BCUT2D eigenvalue weighted by atomic mass is 16.2. The standard InChI is InChI=1S/C25H22N2O/c1-17-13-14-23-20(15-17)25(24(28)27(23)3,18-9-5-4-6-10-18)21-16-26(2)22-12-8-7-11-19(21)22/h4-16H,1-3H3. The molecule has 1 unspecified atom stereocenters. The smallest absolute Gasteiger partial charge is 0.246 e. The number of para-hydroxylation sites is 1. The van der Waals surface area contributed by atoms with E-state index in [1.807, 2.05) is 49.3 Å². The van der Waals surface area contributed by atoms with Gasteiger partial charge in [-0.15, -0.1) is 0 Å². The maximum atomic E-state index is 14.0. The van der Waals surface area contributed by atoms with Crippen LogP contribution in [0.25, 0.3) is 10.9 Å². The molecule has 1 atom stereocenters. The summed E-state index contributed by atoms with van der Waals surface area (Å²) in [7, 11) is 3.93. The van der Waals surface area contributed by atoms with Crippen molar-refractivity contribution in [3.8, 4) is 0 Å². The lowest BCUT2D eigenvalue weighted by atomic mass is 9.70. The van der Waals surface area contributed by atoms with Gasteiger partial charge >= 0.3 is 0 Å². The van der Waals surface area contributed by atoms with Gasteiger partial charge in [-0.3, -0.25) is 4.79 Å². The van der Waals surface area contributed by atoms with E-state index in [1.165, 1.54) is 0 Å². The van der Waals surface area contributed by atoms with Crippen molar-refractivity contribution in [3.63, 3.8) is 0 Å². The molecule has 0 saturated carbocycles. The first-order chi connectivity index (χ1) is 13.5. The van der Waals surface area contributed by atoms with Crippen LogP contribution in [0.5, 0.6) is 0 Å². The molecule has 1 aromatic heterocycles. The van der Waals surface area contributed by atoms with Crippen LogP contribution in [0.1, 0.15) is 22.3 Å². The van der Waals surface area contributed by atoms with Gasteiger partial charge in [-0.1, -0.05) is 66.2 Å². The number of hydrogen-bond acceptors (Lipinski definition) is 1. The fourth-order valence-electron chi connectivity index (χ4n) is 4.74. The van der Waals surface area contributed by atoms with Crippen LogP contribution in [0.2, 0.25) is 0 Å². The highest BCUT2D eigenvalue weighted by molar-refractivity contribution is 6.14. The second-order valence-corrected chi connectivity index (χ2v) is 7.67. The van der Waals surface area contributed by atoms with Gasteiger partial charge in [0.25, 0.3) is 0 Å². The summed E-state index contributed by atoms with van der Waals surface area (Å²) in [6.45, 7) is 2.09. The van der Waals surface area contributed by atoms with E-state index in [2.05, 4.69) is 60.2 Å². The third-order valence-electron chi connectivity index (χ3n) is 6.05. The highest BCUT2D eigenvalue weighted by Gasteiger charge is 2.53. The molecule has 4 aromatic rings. The third-order valence-corrected chi connectivity index (χ3v) is 6.05. The zero-order valence-electron chi connectivity index (χ0n) is 16.3. The average Bonchev–Trinajstić information content (AvgIpc) is 3.16. The van der Waals surface area contributed by atoms with Crippen molar-refractivity contribution in [2.45, 2.75) is 12.3 Å². The number of fused-ring (bicyclic) bond motifs is 2. The second-order valence-electron chi connectivity index (χ2n) is 7.67.